The van der Waals surface area contributed by atoms with Gasteiger partial charge in [-0.05, 0) is 0 Å². The molecule has 5 N–H and O–H groups in total. The third kappa shape index (κ3) is 51.7. The first kappa shape index (κ1) is 17.8. The normalized spacial score (nSPS) is 6.92. The Balaban J connectivity index is -0.000000142. The van der Waals surface area contributed by atoms with E-state index in [1.807, 2.05) is 0 Å². The van der Waals surface area contributed by atoms with Crippen molar-refractivity contribution < 1.29 is 34.9 Å². The monoisotopic (exact) mass is 190 g/mol. The Hall–Kier alpha value is -0.115. The van der Waals surface area contributed by atoms with E-state index in [1.165, 1.54) is 0 Å². The number of carboxylic acid groups (broad SMARTS) is 2. The number of aliphatic carboxylic acids is 2. The summed E-state index contributed by atoms with van der Waals surface area (Å²) in [5.74, 6) is -2.62. The van der Waals surface area contributed by atoms with Crippen molar-refractivity contribution in [3.05, 3.63) is 0 Å². The fourth-order valence-electron chi connectivity index (χ4n) is 0.129. The predicted molar refractivity (Wildman–Crippen MR) is 39.4 cm³/mol. The van der Waals surface area contributed by atoms with Gasteiger partial charge < -0.3 is 25.3 Å². The zero-order valence-corrected chi connectivity index (χ0v) is 5.34. The molecule has 0 unspecified atom stereocenters. The Kier molecular flexibility index (Phi) is 16.2. The molecule has 0 amide bonds. The maximum absolute atomic E-state index is 9.43. The van der Waals surface area contributed by atoms with Gasteiger partial charge in [-0.25, -0.2) is 0 Å². The molecule has 0 aromatic carbocycles. The van der Waals surface area contributed by atoms with E-state index in [9.17, 15) is 9.59 Å². The van der Waals surface area contributed by atoms with Crippen LogP contribution in [0.1, 0.15) is 6.42 Å². The molecular formula is C3H8BNaO7. The van der Waals surface area contributed by atoms with Gasteiger partial charge in [0, 0.05) is 0 Å². The number of hydrogen-bond donors (Lipinski definition) is 5. The summed E-state index contributed by atoms with van der Waals surface area (Å²) >= 11 is 0. The van der Waals surface area contributed by atoms with Crippen LogP contribution in [0.2, 0.25) is 0 Å². The van der Waals surface area contributed by atoms with Crippen LogP contribution in [-0.2, 0) is 9.59 Å². The van der Waals surface area contributed by atoms with Crippen LogP contribution in [0.15, 0.2) is 0 Å². The molecule has 0 aromatic rings. The van der Waals surface area contributed by atoms with Gasteiger partial charge in [0.25, 0.3) is 0 Å². The minimum atomic E-state index is -2.17. The van der Waals surface area contributed by atoms with Crippen LogP contribution >= 0.6 is 0 Å². The molecule has 0 aliphatic rings. The van der Waals surface area contributed by atoms with Gasteiger partial charge in [0.05, 0.1) is 0 Å². The first-order valence-electron chi connectivity index (χ1n) is 2.34. The molecule has 12 heavy (non-hydrogen) atoms. The molecule has 0 rings (SSSR count). The molecule has 0 spiro atoms. The first-order valence-corrected chi connectivity index (χ1v) is 2.34. The molecule has 0 aliphatic heterocycles. The minimum absolute atomic E-state index is 0. The molecule has 0 aliphatic carbocycles. The fraction of sp³-hybridized carbons (Fsp3) is 0.333. The van der Waals surface area contributed by atoms with Gasteiger partial charge in [-0.3, -0.25) is 9.59 Å². The molecule has 9 heteroatoms. The van der Waals surface area contributed by atoms with E-state index in [-0.39, 0.29) is 29.6 Å². The number of carbonyl (C=O) groups is 2. The van der Waals surface area contributed by atoms with E-state index in [2.05, 4.69) is 0 Å². The van der Waals surface area contributed by atoms with Gasteiger partial charge in [-0.1, -0.05) is 0 Å². The topological polar surface area (TPSA) is 135 Å². The van der Waals surface area contributed by atoms with Gasteiger partial charge in [-0.2, -0.15) is 0 Å². The van der Waals surface area contributed by atoms with Crippen molar-refractivity contribution >= 4 is 48.8 Å². The zero-order valence-electron chi connectivity index (χ0n) is 5.34. The Morgan fingerprint density at radius 2 is 1.17 bits per heavy atom. The maximum atomic E-state index is 9.43. The summed E-state index contributed by atoms with van der Waals surface area (Å²) in [4.78, 5) is 18.9. The third-order valence-corrected chi connectivity index (χ3v) is 0.302. The fourth-order valence-corrected chi connectivity index (χ4v) is 0.129. The van der Waals surface area contributed by atoms with Crippen LogP contribution in [0.3, 0.4) is 0 Å². The molecule has 66 valence electrons. The van der Waals surface area contributed by atoms with E-state index in [0.29, 0.717) is 0 Å². The van der Waals surface area contributed by atoms with Gasteiger partial charge >= 0.3 is 48.8 Å². The Bertz CT molecular complexity index is 122. The molecule has 0 radical (unpaired) electrons. The van der Waals surface area contributed by atoms with Crippen molar-refractivity contribution in [1.82, 2.24) is 0 Å². The molecule has 7 nitrogen and oxygen atoms in total. The van der Waals surface area contributed by atoms with Crippen molar-refractivity contribution in [3.63, 3.8) is 0 Å². The van der Waals surface area contributed by atoms with E-state index < -0.39 is 25.7 Å². The molecule has 0 saturated carbocycles. The second-order valence-electron chi connectivity index (χ2n) is 1.31. The third-order valence-electron chi connectivity index (χ3n) is 0.302. The number of hydrogen-bond acceptors (Lipinski definition) is 5. The van der Waals surface area contributed by atoms with Gasteiger partial charge in [-0.15, -0.1) is 0 Å². The molecule has 0 heterocycles. The van der Waals surface area contributed by atoms with E-state index in [0.717, 1.165) is 0 Å². The molecular weight excluding hydrogens is 182 g/mol. The van der Waals surface area contributed by atoms with Crippen LogP contribution < -0.4 is 0 Å². The van der Waals surface area contributed by atoms with Crippen LogP contribution in [0.4, 0.5) is 0 Å². The Labute approximate surface area is 90.1 Å². The summed E-state index contributed by atoms with van der Waals surface area (Å²) < 4.78 is 0. The standard InChI is InChI=1S/C3H4O4.BH3O3.Na.H/c4-2(5)1-3(6)7;2-1(3)4;;/h1H2,(H,4,5)(H,6,7);2-4H;;. The molecule has 0 saturated heterocycles. The number of carboxylic acids is 2. The summed E-state index contributed by atoms with van der Waals surface area (Å²) in [5, 5.41) is 36.9. The SMILES string of the molecule is O=C(O)CC(=O)O.OB(O)O.[NaH]. The zero-order chi connectivity index (χ0) is 9.44. The van der Waals surface area contributed by atoms with Crippen LogP contribution in [0.5, 0.6) is 0 Å². The average Bonchev–Trinajstić information content (AvgIpc) is 1.56. The summed E-state index contributed by atoms with van der Waals surface area (Å²) in [5.41, 5.74) is 0. The van der Waals surface area contributed by atoms with Gasteiger partial charge in [0.2, 0.25) is 0 Å². The van der Waals surface area contributed by atoms with E-state index in [4.69, 9.17) is 25.3 Å². The van der Waals surface area contributed by atoms with Crippen molar-refractivity contribution in [2.24, 2.45) is 0 Å². The summed E-state index contributed by atoms with van der Waals surface area (Å²) in [6, 6.07) is 0. The second kappa shape index (κ2) is 10.9. The second-order valence-corrected chi connectivity index (χ2v) is 1.31. The van der Waals surface area contributed by atoms with Crippen LogP contribution in [0.25, 0.3) is 0 Å². The van der Waals surface area contributed by atoms with Crippen LogP contribution in [-0.4, -0.2) is 74.1 Å². The number of rotatable bonds is 2. The van der Waals surface area contributed by atoms with Crippen LogP contribution in [0, 0.1) is 0 Å². The molecule has 0 atom stereocenters. The quantitative estimate of drug-likeness (QED) is 0.229. The predicted octanol–water partition coefficient (Wildman–Crippen LogP) is -3.15. The van der Waals surface area contributed by atoms with Gasteiger partial charge in [0.1, 0.15) is 6.42 Å². The average molecular weight is 190 g/mol. The van der Waals surface area contributed by atoms with Crippen molar-refractivity contribution in [1.29, 1.82) is 0 Å². The summed E-state index contributed by atoms with van der Waals surface area (Å²) in [6.45, 7) is 0. The van der Waals surface area contributed by atoms with Gasteiger partial charge in [0.15, 0.2) is 0 Å². The molecule has 0 bridgehead atoms. The molecule has 0 aromatic heterocycles. The summed E-state index contributed by atoms with van der Waals surface area (Å²) in [7, 11) is -2.17. The first-order chi connectivity index (χ1) is 4.86. The van der Waals surface area contributed by atoms with Crippen molar-refractivity contribution in [2.75, 3.05) is 0 Å². The Morgan fingerprint density at radius 1 is 1.00 bits per heavy atom. The van der Waals surface area contributed by atoms with E-state index in [1.54, 1.807) is 0 Å². The summed E-state index contributed by atoms with van der Waals surface area (Å²) in [6.07, 6.45) is -0.806. The Morgan fingerprint density at radius 3 is 1.17 bits per heavy atom. The van der Waals surface area contributed by atoms with Crippen molar-refractivity contribution in [2.45, 2.75) is 6.42 Å². The van der Waals surface area contributed by atoms with Crippen molar-refractivity contribution in [3.8, 4) is 0 Å². The van der Waals surface area contributed by atoms with E-state index >= 15 is 0 Å². The molecule has 0 fully saturated rings.